The van der Waals surface area contributed by atoms with Gasteiger partial charge in [0, 0.05) is 0 Å². The highest BCUT2D eigenvalue weighted by molar-refractivity contribution is 4.74. The van der Waals surface area contributed by atoms with E-state index in [1.54, 1.807) is 9.47 Å². The first-order valence-electron chi connectivity index (χ1n) is 8.24. The van der Waals surface area contributed by atoms with E-state index >= 15 is 0 Å². The van der Waals surface area contributed by atoms with Crippen LogP contribution in [0.3, 0.4) is 0 Å². The highest BCUT2D eigenvalue weighted by atomic mass is 19.4. The first-order valence-corrected chi connectivity index (χ1v) is 8.24. The Bertz CT molecular complexity index is 838. The van der Waals surface area contributed by atoms with Gasteiger partial charge in [-0.05, 0) is 0 Å². The molecule has 37 heavy (non-hydrogen) atoms. The molecule has 1 rings (SSSR count). The van der Waals surface area contributed by atoms with Crippen LogP contribution in [0.1, 0.15) is 0 Å². The molecule has 0 bridgehead atoms. The Kier molecular flexibility index (Phi) is 8.72. The zero-order chi connectivity index (χ0) is 29.5. The van der Waals surface area contributed by atoms with Crippen molar-refractivity contribution < 1.29 is 103 Å². The molecule has 24 heteroatoms. The Labute approximate surface area is 189 Å². The van der Waals surface area contributed by atoms with Crippen molar-refractivity contribution in [3.63, 3.8) is 0 Å². The van der Waals surface area contributed by atoms with Crippen LogP contribution in [-0.2, 0) is 32.0 Å². The fraction of sp³-hybridized carbons (Fsp3) is 0.769. The van der Waals surface area contributed by atoms with E-state index in [-0.39, 0.29) is 27.9 Å². The van der Waals surface area contributed by atoms with Crippen LogP contribution in [0.5, 0.6) is 0 Å². The lowest BCUT2D eigenvalue weighted by Gasteiger charge is -2.28. The van der Waals surface area contributed by atoms with Crippen molar-refractivity contribution in [3.8, 4) is 0 Å². The average molecular weight is 597 g/mol. The van der Waals surface area contributed by atoms with Crippen molar-refractivity contribution in [1.82, 2.24) is 4.57 Å². The fourth-order valence-corrected chi connectivity index (χ4v) is 2.02. The second-order valence-corrected chi connectivity index (χ2v) is 6.40. The van der Waals surface area contributed by atoms with Crippen molar-refractivity contribution in [2.75, 3.05) is 0 Å². The number of aromatic nitrogens is 2. The molecule has 1 heterocycles. The molecule has 0 radical (unpaired) electrons. The molecule has 0 aliphatic rings. The summed E-state index contributed by atoms with van der Waals surface area (Å²) in [6.45, 7) is -4.70. The van der Waals surface area contributed by atoms with Crippen LogP contribution in [0.15, 0.2) is 18.7 Å². The number of hydrogen-bond donors (Lipinski definition) is 0. The maximum absolute atomic E-state index is 13.5. The molecule has 218 valence electrons. The summed E-state index contributed by atoms with van der Waals surface area (Å²) in [5, 5.41) is 0. The molecule has 0 amide bonds. The molecule has 0 N–H and O–H groups in total. The molecule has 0 saturated carbocycles. The summed E-state index contributed by atoms with van der Waals surface area (Å²) in [5.41, 5.74) is 0. The largest absolute Gasteiger partial charge is 0.527 e. The summed E-state index contributed by atoms with van der Waals surface area (Å²) in [4.78, 5) is 0. The van der Waals surface area contributed by atoms with Crippen molar-refractivity contribution in [2.24, 2.45) is 0 Å². The third-order valence-electron chi connectivity index (χ3n) is 3.20. The van der Waals surface area contributed by atoms with E-state index in [0.717, 1.165) is 0 Å². The lowest BCUT2D eigenvalue weighted by molar-refractivity contribution is -0.729. The van der Waals surface area contributed by atoms with E-state index in [9.17, 15) is 79.0 Å². The summed E-state index contributed by atoms with van der Waals surface area (Å²) in [7, 11) is 0. The second kappa shape index (κ2) is 9.83. The van der Waals surface area contributed by atoms with Gasteiger partial charge in [-0.15, -0.1) is 26.3 Å². The molecule has 0 atom stereocenters. The van der Waals surface area contributed by atoms with Crippen molar-refractivity contribution in [1.29, 1.82) is 0 Å². The van der Waals surface area contributed by atoms with Gasteiger partial charge in [-0.3, -0.25) is 0 Å². The topological polar surface area (TPSA) is 45.7 Å². The number of ether oxygens (including phenoxy) is 4. The highest BCUT2D eigenvalue weighted by Crippen LogP contribution is 2.45. The zero-order valence-corrected chi connectivity index (χ0v) is 16.5. The van der Waals surface area contributed by atoms with Crippen LogP contribution < -0.4 is 4.57 Å². The lowest BCUT2D eigenvalue weighted by atomic mass is 10.5. The summed E-state index contributed by atoms with van der Waals surface area (Å²) < 4.78 is 236. The van der Waals surface area contributed by atoms with Crippen molar-refractivity contribution >= 4 is 0 Å². The molecule has 0 saturated heterocycles. The Morgan fingerprint density at radius 1 is 0.514 bits per heavy atom. The molecule has 1 aromatic rings. The maximum Gasteiger partial charge on any atom is 0.527 e. The Morgan fingerprint density at radius 2 is 0.865 bits per heavy atom. The third-order valence-corrected chi connectivity index (χ3v) is 3.20. The first-order chi connectivity index (χ1) is 16.0. The van der Waals surface area contributed by atoms with Gasteiger partial charge < -0.3 is 0 Å². The summed E-state index contributed by atoms with van der Waals surface area (Å²) >= 11 is 0. The van der Waals surface area contributed by atoms with Crippen LogP contribution in [0.2, 0.25) is 0 Å². The van der Waals surface area contributed by atoms with Gasteiger partial charge in [-0.25, -0.2) is 28.1 Å². The van der Waals surface area contributed by atoms with E-state index < -0.39 is 62.5 Å². The minimum atomic E-state index is -6.70. The van der Waals surface area contributed by atoms with Crippen molar-refractivity contribution in [2.45, 2.75) is 62.5 Å². The highest BCUT2D eigenvalue weighted by Gasteiger charge is 2.69. The van der Waals surface area contributed by atoms with Gasteiger partial charge in [0.1, 0.15) is 12.4 Å². The summed E-state index contributed by atoms with van der Waals surface area (Å²) in [6, 6.07) is 0. The van der Waals surface area contributed by atoms with Crippen LogP contribution in [0, 0.1) is 0 Å². The molecule has 0 spiro atoms. The normalized spacial score (nSPS) is 15.4. The van der Waals surface area contributed by atoms with E-state index in [2.05, 4.69) is 9.47 Å². The second-order valence-electron chi connectivity index (χ2n) is 6.40. The maximum atomic E-state index is 13.5. The summed E-state index contributed by atoms with van der Waals surface area (Å²) in [5.74, 6) is 0. The quantitative estimate of drug-likeness (QED) is 0.238. The minimum Gasteiger partial charge on any atom is -0.245 e. The Balaban J connectivity index is 2.94. The van der Waals surface area contributed by atoms with Gasteiger partial charge in [-0.1, -0.05) is 0 Å². The number of halogens is 18. The number of imidazole rings is 1. The predicted octanol–water partition coefficient (Wildman–Crippen LogP) is 5.44. The van der Waals surface area contributed by atoms with E-state index in [0.29, 0.717) is 0 Å². The van der Waals surface area contributed by atoms with E-state index in [1.165, 1.54) is 0 Å². The molecular formula is C13H7F18N2O4+. The number of nitrogens with zero attached hydrogens (tertiary/aromatic N) is 2. The van der Waals surface area contributed by atoms with Gasteiger partial charge in [0.25, 0.3) is 0 Å². The zero-order valence-electron chi connectivity index (χ0n) is 16.5. The van der Waals surface area contributed by atoms with Gasteiger partial charge in [0.05, 0.1) is 0 Å². The summed E-state index contributed by atoms with van der Waals surface area (Å²) in [6.07, 6.45) is -50.3. The van der Waals surface area contributed by atoms with E-state index in [1.807, 2.05) is 0 Å². The van der Waals surface area contributed by atoms with Crippen LogP contribution in [0.4, 0.5) is 79.0 Å². The van der Waals surface area contributed by atoms with Crippen LogP contribution >= 0.6 is 0 Å². The molecule has 0 fully saturated rings. The molecule has 6 nitrogen and oxygen atoms in total. The first kappa shape index (κ1) is 32.8. The number of rotatable bonds is 12. The van der Waals surface area contributed by atoms with Crippen LogP contribution in [-0.4, -0.2) is 53.9 Å². The van der Waals surface area contributed by atoms with Gasteiger partial charge in [0.2, 0.25) is 6.33 Å². The van der Waals surface area contributed by atoms with Gasteiger partial charge in [-0.2, -0.15) is 52.7 Å². The molecule has 0 unspecified atom stereocenters. The monoisotopic (exact) mass is 597 g/mol. The predicted molar refractivity (Wildman–Crippen MR) is 70.8 cm³/mol. The van der Waals surface area contributed by atoms with Crippen LogP contribution in [0.25, 0.3) is 0 Å². The molecule has 0 aliphatic carbocycles. The number of hydrogen-bond acceptors (Lipinski definition) is 4. The van der Waals surface area contributed by atoms with Crippen molar-refractivity contribution in [3.05, 3.63) is 18.7 Å². The van der Waals surface area contributed by atoms with Gasteiger partial charge in [0.15, 0.2) is 13.1 Å². The fourth-order valence-electron chi connectivity index (χ4n) is 2.02. The molecule has 0 aromatic carbocycles. The van der Waals surface area contributed by atoms with E-state index in [4.69, 9.17) is 0 Å². The molecular weight excluding hydrogens is 590 g/mol. The Morgan fingerprint density at radius 3 is 1.24 bits per heavy atom. The standard InChI is InChI=1S/C13H7F18N2O4/c14-6(15,34-8(18,19)10(22,23)36-12(26,27)28)3-32-1-2-33(5-32)4-7(16,17)35-9(20,21)11(24,25)37-13(29,30)31/h1-2,5H,3-4H2/q+1. The Hall–Kier alpha value is -2.21. The number of alkyl halides is 18. The molecule has 0 aliphatic heterocycles. The lowest BCUT2D eigenvalue weighted by Crippen LogP contribution is -2.54. The minimum absolute atomic E-state index is 0.0560. The smallest absolute Gasteiger partial charge is 0.245 e. The SMILES string of the molecule is FC(F)(F)OC(F)(F)C(F)(F)OC(F)(F)Cn1cc[n+](CC(F)(F)OC(F)(F)C(F)(F)OC(F)(F)F)c1. The van der Waals surface area contributed by atoms with Gasteiger partial charge >= 0.3 is 49.4 Å². The third kappa shape index (κ3) is 9.88. The molecule has 1 aromatic heterocycles. The average Bonchev–Trinajstić information content (AvgIpc) is 2.92.